The van der Waals surface area contributed by atoms with Crippen molar-refractivity contribution in [1.29, 1.82) is 0 Å². The van der Waals surface area contributed by atoms with E-state index in [1.54, 1.807) is 12.1 Å². The lowest BCUT2D eigenvalue weighted by Gasteiger charge is -2.13. The van der Waals surface area contributed by atoms with Crippen LogP contribution in [0, 0.1) is 5.82 Å². The van der Waals surface area contributed by atoms with Crippen LogP contribution in [0.15, 0.2) is 42.5 Å². The first-order valence-electron chi connectivity index (χ1n) is 8.89. The van der Waals surface area contributed by atoms with Crippen LogP contribution in [-0.4, -0.2) is 30.9 Å². The van der Waals surface area contributed by atoms with Crippen molar-refractivity contribution in [1.82, 2.24) is 10.6 Å². The smallest absolute Gasteiger partial charge is 0.254 e. The maximum atomic E-state index is 14.1. The lowest BCUT2D eigenvalue weighted by atomic mass is 10.1. The molecule has 0 spiro atoms. The molecule has 150 valence electrons. The van der Waals surface area contributed by atoms with Crippen molar-refractivity contribution >= 4 is 24.2 Å². The average molecular weight is 408 g/mol. The van der Waals surface area contributed by atoms with Gasteiger partial charge in [0.15, 0.2) is 0 Å². The van der Waals surface area contributed by atoms with E-state index in [9.17, 15) is 14.0 Å². The molecule has 8 heteroatoms. The molecule has 2 amide bonds. The molecular formula is C20H23ClFN3O3. The minimum absolute atomic E-state index is 0. The number of nitrogens with two attached hydrogens (primary N) is 1. The summed E-state index contributed by atoms with van der Waals surface area (Å²) in [6.07, 6.45) is 1.88. The molecule has 1 unspecified atom stereocenters. The molecule has 4 N–H and O–H groups in total. The van der Waals surface area contributed by atoms with Gasteiger partial charge in [-0.1, -0.05) is 12.1 Å². The van der Waals surface area contributed by atoms with Gasteiger partial charge in [-0.15, -0.1) is 12.4 Å². The molecule has 1 fully saturated rings. The lowest BCUT2D eigenvalue weighted by Crippen LogP contribution is -2.38. The minimum Gasteiger partial charge on any atom is -0.457 e. The normalized spacial score (nSPS) is 15.5. The highest BCUT2D eigenvalue weighted by atomic mass is 35.5. The summed E-state index contributed by atoms with van der Waals surface area (Å²) in [5.74, 6) is -0.260. The Labute approximate surface area is 169 Å². The molecule has 1 heterocycles. The van der Waals surface area contributed by atoms with Crippen LogP contribution < -0.4 is 21.1 Å². The zero-order valence-electron chi connectivity index (χ0n) is 15.2. The monoisotopic (exact) mass is 407 g/mol. The van der Waals surface area contributed by atoms with Gasteiger partial charge in [0, 0.05) is 19.0 Å². The summed E-state index contributed by atoms with van der Waals surface area (Å²) in [4.78, 5) is 23.5. The van der Waals surface area contributed by atoms with E-state index in [2.05, 4.69) is 10.6 Å². The van der Waals surface area contributed by atoms with Crippen molar-refractivity contribution in [2.75, 3.05) is 13.1 Å². The molecule has 1 saturated heterocycles. The van der Waals surface area contributed by atoms with Crippen LogP contribution in [0.5, 0.6) is 11.5 Å². The molecular weight excluding hydrogens is 385 g/mol. The Balaban J connectivity index is 0.00000280. The van der Waals surface area contributed by atoms with E-state index in [4.69, 9.17) is 10.5 Å². The van der Waals surface area contributed by atoms with Crippen molar-refractivity contribution in [2.24, 2.45) is 5.73 Å². The summed E-state index contributed by atoms with van der Waals surface area (Å²) in [6, 6.07) is 11.3. The van der Waals surface area contributed by atoms with E-state index in [1.807, 2.05) is 12.1 Å². The van der Waals surface area contributed by atoms with E-state index in [0.29, 0.717) is 30.9 Å². The summed E-state index contributed by atoms with van der Waals surface area (Å²) < 4.78 is 19.8. The number of amides is 2. The van der Waals surface area contributed by atoms with Crippen LogP contribution in [0.4, 0.5) is 4.39 Å². The van der Waals surface area contributed by atoms with E-state index >= 15 is 0 Å². The van der Waals surface area contributed by atoms with Gasteiger partial charge in [-0.25, -0.2) is 4.39 Å². The standard InChI is InChI=1S/C20H22FN3O3.ClH/c21-18-7-6-16(27-15-4-1-13(2-5-15)9-10-22)11-17(18)20(26)23-12-14-3-8-19(25)24-14;/h1-2,4-7,11,14H,3,8-10,12,22H2,(H,23,26)(H,24,25);1H. The van der Waals surface area contributed by atoms with Crippen LogP contribution in [0.25, 0.3) is 0 Å². The fourth-order valence-corrected chi connectivity index (χ4v) is 2.91. The molecule has 3 rings (SSSR count). The molecule has 1 aliphatic heterocycles. The van der Waals surface area contributed by atoms with Gasteiger partial charge in [-0.05, 0) is 55.3 Å². The first-order chi connectivity index (χ1) is 13.0. The van der Waals surface area contributed by atoms with Crippen LogP contribution in [0.2, 0.25) is 0 Å². The molecule has 1 aliphatic rings. The molecule has 6 nitrogen and oxygen atoms in total. The molecule has 0 saturated carbocycles. The third-order valence-electron chi connectivity index (χ3n) is 4.37. The Kier molecular flexibility index (Phi) is 7.78. The van der Waals surface area contributed by atoms with Gasteiger partial charge >= 0.3 is 0 Å². The first-order valence-corrected chi connectivity index (χ1v) is 8.89. The summed E-state index contributed by atoms with van der Waals surface area (Å²) in [6.45, 7) is 0.832. The van der Waals surface area contributed by atoms with Crippen LogP contribution >= 0.6 is 12.4 Å². The van der Waals surface area contributed by atoms with Crippen molar-refractivity contribution in [3.05, 3.63) is 59.4 Å². The van der Waals surface area contributed by atoms with Crippen LogP contribution in [0.3, 0.4) is 0 Å². The maximum Gasteiger partial charge on any atom is 0.254 e. The topological polar surface area (TPSA) is 93.4 Å². The average Bonchev–Trinajstić information content (AvgIpc) is 3.08. The zero-order valence-corrected chi connectivity index (χ0v) is 16.1. The second-order valence-electron chi connectivity index (χ2n) is 6.44. The van der Waals surface area contributed by atoms with Crippen LogP contribution in [0.1, 0.15) is 28.8 Å². The Morgan fingerprint density at radius 2 is 1.93 bits per heavy atom. The van der Waals surface area contributed by atoms with Crippen LogP contribution in [-0.2, 0) is 11.2 Å². The molecule has 0 bridgehead atoms. The number of hydrogen-bond donors (Lipinski definition) is 3. The largest absolute Gasteiger partial charge is 0.457 e. The molecule has 2 aromatic carbocycles. The summed E-state index contributed by atoms with van der Waals surface area (Å²) >= 11 is 0. The van der Waals surface area contributed by atoms with E-state index in [1.165, 1.54) is 18.2 Å². The van der Waals surface area contributed by atoms with Crippen molar-refractivity contribution in [3.63, 3.8) is 0 Å². The Morgan fingerprint density at radius 3 is 2.57 bits per heavy atom. The van der Waals surface area contributed by atoms with E-state index < -0.39 is 11.7 Å². The number of nitrogens with one attached hydrogen (secondary N) is 2. The molecule has 28 heavy (non-hydrogen) atoms. The van der Waals surface area contributed by atoms with Gasteiger partial charge in [-0.3, -0.25) is 9.59 Å². The van der Waals surface area contributed by atoms with Gasteiger partial charge < -0.3 is 21.1 Å². The van der Waals surface area contributed by atoms with Crippen molar-refractivity contribution < 1.29 is 18.7 Å². The van der Waals surface area contributed by atoms with E-state index in [-0.39, 0.29) is 36.5 Å². The van der Waals surface area contributed by atoms with Gasteiger partial charge in [0.2, 0.25) is 5.91 Å². The SMILES string of the molecule is Cl.NCCc1ccc(Oc2ccc(F)c(C(=O)NCC3CCC(=O)N3)c2)cc1. The maximum absolute atomic E-state index is 14.1. The number of carbonyl (C=O) groups is 2. The minimum atomic E-state index is -0.631. The predicted molar refractivity (Wildman–Crippen MR) is 106 cm³/mol. The predicted octanol–water partition coefficient (Wildman–Crippen LogP) is 2.55. The highest BCUT2D eigenvalue weighted by Crippen LogP contribution is 2.24. The molecule has 0 radical (unpaired) electrons. The zero-order chi connectivity index (χ0) is 19.2. The third kappa shape index (κ3) is 5.68. The Hall–Kier alpha value is -2.64. The fraction of sp³-hybridized carbons (Fsp3) is 0.300. The number of carbonyl (C=O) groups excluding carboxylic acids is 2. The van der Waals surface area contributed by atoms with Gasteiger partial charge in [0.25, 0.3) is 5.91 Å². The lowest BCUT2D eigenvalue weighted by molar-refractivity contribution is -0.119. The molecule has 0 aliphatic carbocycles. The second kappa shape index (κ2) is 10.1. The van der Waals surface area contributed by atoms with E-state index in [0.717, 1.165) is 12.0 Å². The molecule has 0 aromatic heterocycles. The second-order valence-corrected chi connectivity index (χ2v) is 6.44. The summed E-state index contributed by atoms with van der Waals surface area (Å²) in [5.41, 5.74) is 6.53. The van der Waals surface area contributed by atoms with Gasteiger partial charge in [-0.2, -0.15) is 0 Å². The highest BCUT2D eigenvalue weighted by Gasteiger charge is 2.22. The molecule has 1 atom stereocenters. The first kappa shape index (κ1) is 21.7. The quantitative estimate of drug-likeness (QED) is 0.657. The highest BCUT2D eigenvalue weighted by molar-refractivity contribution is 5.95. The van der Waals surface area contributed by atoms with Gasteiger partial charge in [0.05, 0.1) is 5.56 Å². The number of halogens is 2. The number of rotatable bonds is 7. The fourth-order valence-electron chi connectivity index (χ4n) is 2.91. The third-order valence-corrected chi connectivity index (χ3v) is 4.37. The van der Waals surface area contributed by atoms with Crippen molar-refractivity contribution in [3.8, 4) is 11.5 Å². The number of hydrogen-bond acceptors (Lipinski definition) is 4. The summed E-state index contributed by atoms with van der Waals surface area (Å²) in [7, 11) is 0. The van der Waals surface area contributed by atoms with Gasteiger partial charge in [0.1, 0.15) is 17.3 Å². The Morgan fingerprint density at radius 1 is 1.21 bits per heavy atom. The van der Waals surface area contributed by atoms with Crippen molar-refractivity contribution in [2.45, 2.75) is 25.3 Å². The molecule has 2 aromatic rings. The summed E-state index contributed by atoms with van der Waals surface area (Å²) in [5, 5.41) is 5.41. The number of benzene rings is 2. The Bertz CT molecular complexity index is 830. The number of ether oxygens (including phenoxy) is 1.